The van der Waals surface area contributed by atoms with Gasteiger partial charge in [0.1, 0.15) is 0 Å². The van der Waals surface area contributed by atoms with E-state index in [1.54, 1.807) is 7.11 Å². The molecule has 0 aromatic carbocycles. The number of hydrogen-bond acceptors (Lipinski definition) is 7. The molecule has 0 aliphatic rings. The van der Waals surface area contributed by atoms with Crippen LogP contribution in [-0.4, -0.2) is 49.9 Å². The van der Waals surface area contributed by atoms with Crippen molar-refractivity contribution in [1.29, 1.82) is 0 Å². The van der Waals surface area contributed by atoms with Gasteiger partial charge in [0.25, 0.3) is 0 Å². The molecule has 0 fully saturated rings. The Bertz CT molecular complexity index is 442. The van der Waals surface area contributed by atoms with Gasteiger partial charge in [0, 0.05) is 20.2 Å². The molecule has 1 rings (SSSR count). The van der Waals surface area contributed by atoms with Crippen LogP contribution in [0.4, 0.5) is 11.6 Å². The molecule has 8 heteroatoms. The smallest absolute Gasteiger partial charge is 0.360 e. The van der Waals surface area contributed by atoms with Gasteiger partial charge in [-0.2, -0.15) is 0 Å². The van der Waals surface area contributed by atoms with Crippen LogP contribution in [0.1, 0.15) is 17.4 Å². The third kappa shape index (κ3) is 4.22. The molecule has 0 aliphatic heterocycles. The quantitative estimate of drug-likeness (QED) is 0.579. The number of hydrogen-bond donors (Lipinski definition) is 2. The minimum absolute atomic E-state index is 0.0465. The second-order valence-electron chi connectivity index (χ2n) is 3.50. The number of methoxy groups -OCH3 is 2. The molecule has 0 bridgehead atoms. The molecule has 0 amide bonds. The first-order chi connectivity index (χ1) is 9.13. The van der Waals surface area contributed by atoms with E-state index in [-0.39, 0.29) is 10.8 Å². The zero-order chi connectivity index (χ0) is 14.3. The summed E-state index contributed by atoms with van der Waals surface area (Å²) in [5.41, 5.74) is 0.0465. The molecule has 1 aromatic rings. The lowest BCUT2D eigenvalue weighted by Gasteiger charge is -2.12. The summed E-state index contributed by atoms with van der Waals surface area (Å²) in [5, 5.41) is 6.04. The monoisotopic (exact) mass is 288 g/mol. The standard InChI is InChI=1S/C11H17ClN4O3/c1-4-13-10-8(12)15-7(11(17)19-3)9(16-10)14-5-6-18-2/h4-6H2,1-3H3,(H2,13,14,16). The summed E-state index contributed by atoms with van der Waals surface area (Å²) in [6.45, 7) is 3.51. The van der Waals surface area contributed by atoms with Crippen LogP contribution < -0.4 is 10.6 Å². The number of nitrogens with zero attached hydrogens (tertiary/aromatic N) is 2. The van der Waals surface area contributed by atoms with Crippen molar-refractivity contribution in [3.63, 3.8) is 0 Å². The molecule has 106 valence electrons. The maximum Gasteiger partial charge on any atom is 0.360 e. The van der Waals surface area contributed by atoms with Crippen molar-refractivity contribution in [3.8, 4) is 0 Å². The average Bonchev–Trinajstić information content (AvgIpc) is 2.41. The molecule has 1 aromatic heterocycles. The van der Waals surface area contributed by atoms with Gasteiger partial charge >= 0.3 is 5.97 Å². The zero-order valence-corrected chi connectivity index (χ0v) is 11.9. The van der Waals surface area contributed by atoms with E-state index in [9.17, 15) is 4.79 Å². The molecule has 2 N–H and O–H groups in total. The summed E-state index contributed by atoms with van der Waals surface area (Å²) in [4.78, 5) is 19.8. The number of esters is 1. The summed E-state index contributed by atoms with van der Waals surface area (Å²) < 4.78 is 9.57. The zero-order valence-electron chi connectivity index (χ0n) is 11.1. The van der Waals surface area contributed by atoms with Gasteiger partial charge in [-0.1, -0.05) is 11.6 Å². The largest absolute Gasteiger partial charge is 0.464 e. The van der Waals surface area contributed by atoms with Gasteiger partial charge in [-0.3, -0.25) is 0 Å². The molecule has 7 nitrogen and oxygen atoms in total. The number of ether oxygens (including phenoxy) is 2. The van der Waals surface area contributed by atoms with Crippen molar-refractivity contribution in [1.82, 2.24) is 9.97 Å². The van der Waals surface area contributed by atoms with Crippen LogP contribution in [0, 0.1) is 0 Å². The van der Waals surface area contributed by atoms with Crippen molar-refractivity contribution < 1.29 is 14.3 Å². The summed E-state index contributed by atoms with van der Waals surface area (Å²) in [5.74, 6) is 0.123. The van der Waals surface area contributed by atoms with Gasteiger partial charge in [0.05, 0.1) is 13.7 Å². The normalized spacial score (nSPS) is 10.1. The van der Waals surface area contributed by atoms with Gasteiger partial charge in [-0.25, -0.2) is 14.8 Å². The second kappa shape index (κ2) is 7.75. The van der Waals surface area contributed by atoms with Crippen molar-refractivity contribution in [2.24, 2.45) is 0 Å². The van der Waals surface area contributed by atoms with E-state index in [0.29, 0.717) is 31.3 Å². The van der Waals surface area contributed by atoms with Crippen molar-refractivity contribution in [2.75, 3.05) is 44.5 Å². The number of carbonyl (C=O) groups is 1. The van der Waals surface area contributed by atoms with Crippen molar-refractivity contribution >= 4 is 29.2 Å². The summed E-state index contributed by atoms with van der Waals surface area (Å²) in [6.07, 6.45) is 0. The second-order valence-corrected chi connectivity index (χ2v) is 3.86. The predicted octanol–water partition coefficient (Wildman–Crippen LogP) is 1.41. The first-order valence-electron chi connectivity index (χ1n) is 5.76. The highest BCUT2D eigenvalue weighted by Gasteiger charge is 2.18. The fourth-order valence-electron chi connectivity index (χ4n) is 1.33. The average molecular weight is 289 g/mol. The van der Waals surface area contributed by atoms with Crippen LogP contribution in [-0.2, 0) is 9.47 Å². The van der Waals surface area contributed by atoms with E-state index in [1.807, 2.05) is 6.92 Å². The fourth-order valence-corrected chi connectivity index (χ4v) is 1.52. The van der Waals surface area contributed by atoms with Crippen LogP contribution in [0.15, 0.2) is 0 Å². The Balaban J connectivity index is 3.05. The Kier molecular flexibility index (Phi) is 6.31. The highest BCUT2D eigenvalue weighted by molar-refractivity contribution is 6.31. The van der Waals surface area contributed by atoms with Gasteiger partial charge in [0.15, 0.2) is 22.5 Å². The first kappa shape index (κ1) is 15.5. The van der Waals surface area contributed by atoms with Crippen molar-refractivity contribution in [3.05, 3.63) is 10.8 Å². The topological polar surface area (TPSA) is 85.4 Å². The SMILES string of the molecule is CCNc1nc(NCCOC)c(C(=O)OC)nc1Cl. The molecule has 0 atom stereocenters. The number of carbonyl (C=O) groups excluding carboxylic acids is 1. The molecule has 19 heavy (non-hydrogen) atoms. The van der Waals surface area contributed by atoms with Gasteiger partial charge in [-0.15, -0.1) is 0 Å². The third-order valence-corrected chi connectivity index (χ3v) is 2.44. The molecule has 0 unspecified atom stereocenters. The molecule has 0 aliphatic carbocycles. The predicted molar refractivity (Wildman–Crippen MR) is 72.9 cm³/mol. The summed E-state index contributed by atoms with van der Waals surface area (Å²) in [6, 6.07) is 0. The molecular weight excluding hydrogens is 272 g/mol. The Hall–Kier alpha value is -1.60. The minimum atomic E-state index is -0.600. The third-order valence-electron chi connectivity index (χ3n) is 2.17. The molecule has 0 radical (unpaired) electrons. The van der Waals surface area contributed by atoms with Crippen LogP contribution >= 0.6 is 11.6 Å². The Morgan fingerprint density at radius 2 is 2.00 bits per heavy atom. The number of nitrogens with one attached hydrogen (secondary N) is 2. The minimum Gasteiger partial charge on any atom is -0.464 e. The first-order valence-corrected chi connectivity index (χ1v) is 6.14. The van der Waals surface area contributed by atoms with Crippen LogP contribution in [0.5, 0.6) is 0 Å². The highest BCUT2D eigenvalue weighted by Crippen LogP contribution is 2.22. The van der Waals surface area contributed by atoms with E-state index in [4.69, 9.17) is 16.3 Å². The summed E-state index contributed by atoms with van der Waals surface area (Å²) >= 11 is 5.95. The lowest BCUT2D eigenvalue weighted by molar-refractivity contribution is 0.0595. The van der Waals surface area contributed by atoms with E-state index in [2.05, 4.69) is 25.3 Å². The molecule has 1 heterocycles. The van der Waals surface area contributed by atoms with Gasteiger partial charge in [0.2, 0.25) is 0 Å². The number of anilines is 2. The maximum absolute atomic E-state index is 11.6. The van der Waals surface area contributed by atoms with E-state index in [1.165, 1.54) is 7.11 Å². The van der Waals surface area contributed by atoms with Gasteiger partial charge in [-0.05, 0) is 6.92 Å². The fraction of sp³-hybridized carbons (Fsp3) is 0.545. The van der Waals surface area contributed by atoms with Crippen LogP contribution in [0.3, 0.4) is 0 Å². The Morgan fingerprint density at radius 3 is 2.58 bits per heavy atom. The van der Waals surface area contributed by atoms with Crippen molar-refractivity contribution in [2.45, 2.75) is 6.92 Å². The van der Waals surface area contributed by atoms with Crippen LogP contribution in [0.25, 0.3) is 0 Å². The molecule has 0 spiro atoms. The van der Waals surface area contributed by atoms with Crippen LogP contribution in [0.2, 0.25) is 5.15 Å². The maximum atomic E-state index is 11.6. The lowest BCUT2D eigenvalue weighted by Crippen LogP contribution is -2.17. The number of halogens is 1. The Morgan fingerprint density at radius 1 is 1.26 bits per heavy atom. The number of aromatic nitrogens is 2. The summed E-state index contributed by atoms with van der Waals surface area (Å²) in [7, 11) is 2.86. The molecule has 0 saturated heterocycles. The van der Waals surface area contributed by atoms with E-state index < -0.39 is 5.97 Å². The van der Waals surface area contributed by atoms with E-state index >= 15 is 0 Å². The Labute approximate surface area is 116 Å². The highest BCUT2D eigenvalue weighted by atomic mass is 35.5. The van der Waals surface area contributed by atoms with E-state index in [0.717, 1.165) is 0 Å². The molecule has 0 saturated carbocycles. The molecular formula is C11H17ClN4O3. The number of rotatable bonds is 7. The van der Waals surface area contributed by atoms with Gasteiger partial charge < -0.3 is 20.1 Å². The lowest BCUT2D eigenvalue weighted by atomic mass is 10.4.